The second-order valence-corrected chi connectivity index (χ2v) is 5.65. The molecule has 25 heavy (non-hydrogen) atoms. The van der Waals surface area contributed by atoms with Gasteiger partial charge in [-0.3, -0.25) is 10.1 Å². The summed E-state index contributed by atoms with van der Waals surface area (Å²) in [4.78, 5) is 24.5. The highest BCUT2D eigenvalue weighted by Gasteiger charge is 2.28. The first kappa shape index (κ1) is 16.7. The van der Waals surface area contributed by atoms with Gasteiger partial charge in [0.2, 0.25) is 0 Å². The molecule has 0 saturated heterocycles. The largest absolute Gasteiger partial charge is 0.422 e. The van der Waals surface area contributed by atoms with E-state index in [9.17, 15) is 14.9 Å². The van der Waals surface area contributed by atoms with Crippen molar-refractivity contribution in [3.05, 3.63) is 69.3 Å². The van der Waals surface area contributed by atoms with Crippen LogP contribution < -0.4 is 4.90 Å². The van der Waals surface area contributed by atoms with E-state index in [0.717, 1.165) is 24.3 Å². The maximum absolute atomic E-state index is 12.0. The molecule has 0 saturated carbocycles. The molecule has 0 unspecified atom stereocenters. The summed E-state index contributed by atoms with van der Waals surface area (Å²) in [5, 5.41) is 10.9. The van der Waals surface area contributed by atoms with Crippen LogP contribution in [0.25, 0.3) is 11.8 Å². The fraction of sp³-hybridized carbons (Fsp3) is 0.211. The fourth-order valence-electron chi connectivity index (χ4n) is 2.87. The predicted molar refractivity (Wildman–Crippen MR) is 96.4 cm³/mol. The minimum atomic E-state index is -0.565. The number of non-ortho nitro benzene ring substituents is 1. The minimum Gasteiger partial charge on any atom is -0.422 e. The molecule has 0 atom stereocenters. The highest BCUT2D eigenvalue weighted by Crippen LogP contribution is 2.33. The van der Waals surface area contributed by atoms with E-state index in [4.69, 9.17) is 4.74 Å². The van der Waals surface area contributed by atoms with Crippen molar-refractivity contribution in [3.8, 4) is 0 Å². The quantitative estimate of drug-likeness (QED) is 0.466. The summed E-state index contributed by atoms with van der Waals surface area (Å²) in [7, 11) is 0. The zero-order valence-corrected chi connectivity index (χ0v) is 14.1. The first-order valence-electron chi connectivity index (χ1n) is 8.11. The molecule has 1 aliphatic rings. The first-order chi connectivity index (χ1) is 12.0. The molecule has 0 amide bonds. The third kappa shape index (κ3) is 3.24. The molecule has 3 rings (SSSR count). The standard InChI is InChI=1S/C19H18N2O4/c1-3-20(4-2)14-7-5-13(6-8-14)11-18-16-10-9-15(21(23)24)12-17(16)19(22)25-18/h5-12H,3-4H2,1-2H3/b18-11+. The SMILES string of the molecule is CCN(CC)c1ccc(/C=C2/OC(=O)c3cc([N+](=O)[O-])ccc32)cc1. The molecule has 1 aliphatic heterocycles. The number of cyclic esters (lactones) is 1. The van der Waals surface area contributed by atoms with Gasteiger partial charge < -0.3 is 9.64 Å². The number of hydrogen-bond donors (Lipinski definition) is 0. The van der Waals surface area contributed by atoms with Gasteiger partial charge in [0.05, 0.1) is 10.5 Å². The van der Waals surface area contributed by atoms with Crippen LogP contribution in [0.15, 0.2) is 42.5 Å². The van der Waals surface area contributed by atoms with Gasteiger partial charge in [-0.25, -0.2) is 4.79 Å². The Labute approximate surface area is 145 Å². The topological polar surface area (TPSA) is 72.7 Å². The van der Waals surface area contributed by atoms with E-state index >= 15 is 0 Å². The van der Waals surface area contributed by atoms with E-state index in [1.165, 1.54) is 12.1 Å². The first-order valence-corrected chi connectivity index (χ1v) is 8.11. The molecular weight excluding hydrogens is 320 g/mol. The van der Waals surface area contributed by atoms with Crippen LogP contribution in [0.3, 0.4) is 0 Å². The number of benzene rings is 2. The number of rotatable bonds is 5. The molecule has 0 N–H and O–H groups in total. The summed E-state index contributed by atoms with van der Waals surface area (Å²) in [6.45, 7) is 6.07. The number of ether oxygens (including phenoxy) is 1. The molecule has 2 aromatic rings. The Balaban J connectivity index is 1.91. The number of nitro benzene ring substituents is 1. The molecule has 6 heteroatoms. The van der Waals surface area contributed by atoms with Gasteiger partial charge in [0.25, 0.3) is 5.69 Å². The predicted octanol–water partition coefficient (Wildman–Crippen LogP) is 4.11. The summed E-state index contributed by atoms with van der Waals surface area (Å²) < 4.78 is 5.28. The van der Waals surface area contributed by atoms with E-state index in [1.807, 2.05) is 24.3 Å². The molecule has 0 radical (unpaired) electrons. The number of carbonyl (C=O) groups excluding carboxylic acids is 1. The Bertz CT molecular complexity index is 852. The van der Waals surface area contributed by atoms with Crippen LogP contribution in [-0.2, 0) is 4.74 Å². The van der Waals surface area contributed by atoms with Crippen molar-refractivity contribution in [1.29, 1.82) is 0 Å². The minimum absolute atomic E-state index is 0.125. The number of nitrogens with zero attached hydrogens (tertiary/aromatic N) is 2. The van der Waals surface area contributed by atoms with Crippen molar-refractivity contribution < 1.29 is 14.5 Å². The molecule has 0 fully saturated rings. The van der Waals surface area contributed by atoms with Crippen LogP contribution in [0, 0.1) is 10.1 Å². The number of hydrogen-bond acceptors (Lipinski definition) is 5. The van der Waals surface area contributed by atoms with Crippen molar-refractivity contribution in [2.24, 2.45) is 0 Å². The molecule has 1 heterocycles. The lowest BCUT2D eigenvalue weighted by Crippen LogP contribution is -2.21. The number of esters is 1. The summed E-state index contributed by atoms with van der Waals surface area (Å²) in [5.74, 6) is -0.157. The number of nitro groups is 1. The summed E-state index contributed by atoms with van der Waals surface area (Å²) in [6, 6.07) is 12.1. The summed E-state index contributed by atoms with van der Waals surface area (Å²) >= 11 is 0. The van der Waals surface area contributed by atoms with E-state index in [0.29, 0.717) is 11.3 Å². The second kappa shape index (κ2) is 6.76. The molecular formula is C19H18N2O4. The van der Waals surface area contributed by atoms with Crippen molar-refractivity contribution in [1.82, 2.24) is 0 Å². The lowest BCUT2D eigenvalue weighted by molar-refractivity contribution is -0.384. The normalized spacial score (nSPS) is 14.3. The molecule has 0 aliphatic carbocycles. The van der Waals surface area contributed by atoms with Crippen LogP contribution in [-0.4, -0.2) is 24.0 Å². The summed E-state index contributed by atoms with van der Waals surface area (Å²) in [6.07, 6.45) is 1.77. The molecule has 0 aromatic heterocycles. The van der Waals surface area contributed by atoms with Crippen molar-refractivity contribution in [2.75, 3.05) is 18.0 Å². The number of fused-ring (bicyclic) bond motifs is 1. The third-order valence-electron chi connectivity index (χ3n) is 4.22. The van der Waals surface area contributed by atoms with E-state index in [1.54, 1.807) is 12.1 Å². The van der Waals surface area contributed by atoms with E-state index < -0.39 is 10.9 Å². The Kier molecular flexibility index (Phi) is 4.52. The highest BCUT2D eigenvalue weighted by atomic mass is 16.6. The van der Waals surface area contributed by atoms with E-state index in [-0.39, 0.29) is 11.3 Å². The average molecular weight is 338 g/mol. The maximum atomic E-state index is 12.0. The Morgan fingerprint density at radius 3 is 2.36 bits per heavy atom. The van der Waals surface area contributed by atoms with Gasteiger partial charge in [-0.05, 0) is 43.7 Å². The smallest absolute Gasteiger partial charge is 0.344 e. The molecule has 128 valence electrons. The number of anilines is 1. The Morgan fingerprint density at radius 2 is 1.76 bits per heavy atom. The van der Waals surface area contributed by atoms with Crippen molar-refractivity contribution in [3.63, 3.8) is 0 Å². The van der Waals surface area contributed by atoms with Gasteiger partial charge in [-0.2, -0.15) is 0 Å². The zero-order valence-electron chi connectivity index (χ0n) is 14.1. The van der Waals surface area contributed by atoms with Crippen LogP contribution in [0.5, 0.6) is 0 Å². The van der Waals surface area contributed by atoms with Crippen LogP contribution >= 0.6 is 0 Å². The van der Waals surface area contributed by atoms with Crippen LogP contribution in [0.2, 0.25) is 0 Å². The lowest BCUT2D eigenvalue weighted by atomic mass is 10.1. The summed E-state index contributed by atoms with van der Waals surface area (Å²) in [5.41, 5.74) is 2.70. The van der Waals surface area contributed by atoms with Gasteiger partial charge in [-0.15, -0.1) is 0 Å². The fourth-order valence-corrected chi connectivity index (χ4v) is 2.87. The van der Waals surface area contributed by atoms with Gasteiger partial charge in [0.15, 0.2) is 0 Å². The second-order valence-electron chi connectivity index (χ2n) is 5.65. The highest BCUT2D eigenvalue weighted by molar-refractivity contribution is 6.06. The molecule has 0 spiro atoms. The zero-order chi connectivity index (χ0) is 18.0. The Hall–Kier alpha value is -3.15. The van der Waals surface area contributed by atoms with Gasteiger partial charge in [0.1, 0.15) is 5.76 Å². The lowest BCUT2D eigenvalue weighted by Gasteiger charge is -2.20. The average Bonchev–Trinajstić information content (AvgIpc) is 2.93. The Morgan fingerprint density at radius 1 is 1.08 bits per heavy atom. The van der Waals surface area contributed by atoms with E-state index in [2.05, 4.69) is 18.7 Å². The molecule has 0 bridgehead atoms. The van der Waals surface area contributed by atoms with Gasteiger partial charge in [0, 0.05) is 36.5 Å². The van der Waals surface area contributed by atoms with Crippen molar-refractivity contribution >= 4 is 29.2 Å². The van der Waals surface area contributed by atoms with Crippen molar-refractivity contribution in [2.45, 2.75) is 13.8 Å². The number of carbonyl (C=O) groups is 1. The van der Waals surface area contributed by atoms with Gasteiger partial charge >= 0.3 is 5.97 Å². The van der Waals surface area contributed by atoms with Gasteiger partial charge in [-0.1, -0.05) is 12.1 Å². The molecule has 2 aromatic carbocycles. The monoisotopic (exact) mass is 338 g/mol. The third-order valence-corrected chi connectivity index (χ3v) is 4.22. The van der Waals surface area contributed by atoms with Crippen LogP contribution in [0.4, 0.5) is 11.4 Å². The molecule has 6 nitrogen and oxygen atoms in total. The maximum Gasteiger partial charge on any atom is 0.344 e. The van der Waals surface area contributed by atoms with Crippen LogP contribution in [0.1, 0.15) is 35.3 Å².